The van der Waals surface area contributed by atoms with Crippen LogP contribution in [0.1, 0.15) is 18.5 Å². The maximum atomic E-state index is 5.81. The van der Waals surface area contributed by atoms with Crippen LogP contribution in [-0.4, -0.2) is 19.1 Å². The smallest absolute Gasteiger partial charge is 0.214 e. The topological polar surface area (TPSA) is 34.2 Å². The molecule has 0 aliphatic heterocycles. The second kappa shape index (κ2) is 4.44. The third-order valence-corrected chi connectivity index (χ3v) is 2.13. The Bertz CT molecular complexity index is 291. The van der Waals surface area contributed by atoms with Crippen LogP contribution in [0.4, 0.5) is 0 Å². The number of hydrogen-bond donors (Lipinski definition) is 1. The van der Waals surface area contributed by atoms with Crippen LogP contribution in [-0.2, 0) is 0 Å². The summed E-state index contributed by atoms with van der Waals surface area (Å²) in [6.07, 6.45) is 0. The van der Waals surface area contributed by atoms with Gasteiger partial charge in [-0.15, -0.1) is 0 Å². The Morgan fingerprint density at radius 1 is 1.54 bits per heavy atom. The van der Waals surface area contributed by atoms with Gasteiger partial charge in [-0.3, -0.25) is 0 Å². The van der Waals surface area contributed by atoms with Crippen molar-refractivity contribution in [2.75, 3.05) is 14.2 Å². The van der Waals surface area contributed by atoms with Crippen molar-refractivity contribution in [2.45, 2.75) is 13.0 Å². The lowest BCUT2D eigenvalue weighted by molar-refractivity contribution is 0.396. The second-order valence-electron chi connectivity index (χ2n) is 2.78. The van der Waals surface area contributed by atoms with E-state index in [2.05, 4.69) is 10.3 Å². The lowest BCUT2D eigenvalue weighted by Crippen LogP contribution is -2.12. The van der Waals surface area contributed by atoms with Crippen molar-refractivity contribution in [1.29, 1.82) is 0 Å². The number of aromatic nitrogens is 1. The molecule has 0 unspecified atom stereocenters. The summed E-state index contributed by atoms with van der Waals surface area (Å²) in [6.45, 7) is 2.05. The van der Waals surface area contributed by atoms with E-state index in [4.69, 9.17) is 16.3 Å². The monoisotopic (exact) mass is 200 g/mol. The lowest BCUT2D eigenvalue weighted by atomic mass is 10.1. The molecule has 0 radical (unpaired) electrons. The van der Waals surface area contributed by atoms with Gasteiger partial charge >= 0.3 is 0 Å². The van der Waals surface area contributed by atoms with Crippen LogP contribution in [0.5, 0.6) is 5.88 Å². The third-order valence-electron chi connectivity index (χ3n) is 1.94. The van der Waals surface area contributed by atoms with E-state index in [1.54, 1.807) is 7.11 Å². The molecule has 0 saturated carbocycles. The molecule has 0 saturated heterocycles. The van der Waals surface area contributed by atoms with Gasteiger partial charge in [-0.05, 0) is 25.6 Å². The quantitative estimate of drug-likeness (QED) is 0.759. The molecule has 1 aromatic rings. The molecule has 0 bridgehead atoms. The number of nitrogens with zero attached hydrogens (tertiary/aromatic N) is 1. The summed E-state index contributed by atoms with van der Waals surface area (Å²) in [5, 5.41) is 3.57. The van der Waals surface area contributed by atoms with Crippen LogP contribution in [0.2, 0.25) is 5.15 Å². The molecule has 4 heteroatoms. The van der Waals surface area contributed by atoms with Crippen molar-refractivity contribution in [3.05, 3.63) is 22.8 Å². The van der Waals surface area contributed by atoms with E-state index in [1.807, 2.05) is 26.1 Å². The summed E-state index contributed by atoms with van der Waals surface area (Å²) in [6, 6.07) is 3.94. The highest BCUT2D eigenvalue weighted by atomic mass is 35.5. The first-order chi connectivity index (χ1) is 6.17. The standard InChI is InChI=1S/C9H13ClN2O/c1-6(11-2)7-4-8(10)12-9(5-7)13-3/h4-6,11H,1-3H3/t6-/m1/s1. The molecule has 1 N–H and O–H groups in total. The van der Waals surface area contributed by atoms with Crippen molar-refractivity contribution < 1.29 is 4.74 Å². The van der Waals surface area contributed by atoms with E-state index in [0.717, 1.165) is 5.56 Å². The average Bonchev–Trinajstić information content (AvgIpc) is 2.15. The fraction of sp³-hybridized carbons (Fsp3) is 0.444. The number of pyridine rings is 1. The van der Waals surface area contributed by atoms with Gasteiger partial charge in [-0.25, -0.2) is 4.98 Å². The predicted octanol–water partition coefficient (Wildman–Crippen LogP) is 2.02. The van der Waals surface area contributed by atoms with Crippen molar-refractivity contribution >= 4 is 11.6 Å². The van der Waals surface area contributed by atoms with Crippen LogP contribution in [0, 0.1) is 0 Å². The minimum Gasteiger partial charge on any atom is -0.481 e. The maximum absolute atomic E-state index is 5.81. The Kier molecular flexibility index (Phi) is 3.51. The first-order valence-electron chi connectivity index (χ1n) is 4.06. The largest absolute Gasteiger partial charge is 0.481 e. The Morgan fingerprint density at radius 3 is 2.77 bits per heavy atom. The molecule has 3 nitrogen and oxygen atoms in total. The maximum Gasteiger partial charge on any atom is 0.214 e. The van der Waals surface area contributed by atoms with Gasteiger partial charge in [0, 0.05) is 12.1 Å². The predicted molar refractivity (Wildman–Crippen MR) is 53.3 cm³/mol. The summed E-state index contributed by atoms with van der Waals surface area (Å²) >= 11 is 5.81. The van der Waals surface area contributed by atoms with Gasteiger partial charge in [0.2, 0.25) is 5.88 Å². The van der Waals surface area contributed by atoms with Crippen molar-refractivity contribution in [3.63, 3.8) is 0 Å². The number of ether oxygens (including phenoxy) is 1. The minimum atomic E-state index is 0.245. The molecular formula is C9H13ClN2O. The lowest BCUT2D eigenvalue weighted by Gasteiger charge is -2.11. The zero-order chi connectivity index (χ0) is 9.84. The van der Waals surface area contributed by atoms with Crippen molar-refractivity contribution in [1.82, 2.24) is 10.3 Å². The molecule has 0 aromatic carbocycles. The van der Waals surface area contributed by atoms with Crippen LogP contribution in [0.15, 0.2) is 12.1 Å². The number of methoxy groups -OCH3 is 1. The molecule has 13 heavy (non-hydrogen) atoms. The van der Waals surface area contributed by atoms with E-state index < -0.39 is 0 Å². The van der Waals surface area contributed by atoms with Crippen molar-refractivity contribution in [2.24, 2.45) is 0 Å². The number of hydrogen-bond acceptors (Lipinski definition) is 3. The zero-order valence-electron chi connectivity index (χ0n) is 7.97. The molecule has 1 rings (SSSR count). The highest BCUT2D eigenvalue weighted by molar-refractivity contribution is 6.29. The fourth-order valence-electron chi connectivity index (χ4n) is 1.01. The van der Waals surface area contributed by atoms with Crippen LogP contribution in [0.25, 0.3) is 0 Å². The summed E-state index contributed by atoms with van der Waals surface area (Å²) in [7, 11) is 3.47. The molecule has 0 amide bonds. The van der Waals surface area contributed by atoms with Gasteiger partial charge < -0.3 is 10.1 Å². The van der Waals surface area contributed by atoms with E-state index in [9.17, 15) is 0 Å². The summed E-state index contributed by atoms with van der Waals surface area (Å²) < 4.78 is 5.01. The van der Waals surface area contributed by atoms with E-state index in [-0.39, 0.29) is 6.04 Å². The average molecular weight is 201 g/mol. The molecule has 1 aromatic heterocycles. The minimum absolute atomic E-state index is 0.245. The third kappa shape index (κ3) is 2.57. The Balaban J connectivity index is 3.01. The summed E-state index contributed by atoms with van der Waals surface area (Å²) in [5.41, 5.74) is 1.07. The molecule has 1 heterocycles. The molecule has 0 aliphatic rings. The number of halogens is 1. The highest BCUT2D eigenvalue weighted by Gasteiger charge is 2.06. The SMILES string of the molecule is CN[C@H](C)c1cc(Cl)nc(OC)c1. The Hall–Kier alpha value is -0.800. The number of nitrogens with one attached hydrogen (secondary N) is 1. The van der Waals surface area contributed by atoms with Gasteiger partial charge in [0.05, 0.1) is 7.11 Å². The number of rotatable bonds is 3. The molecule has 0 aliphatic carbocycles. The summed E-state index contributed by atoms with van der Waals surface area (Å²) in [4.78, 5) is 3.98. The van der Waals surface area contributed by atoms with Crippen LogP contribution >= 0.6 is 11.6 Å². The molecule has 72 valence electrons. The van der Waals surface area contributed by atoms with Gasteiger partial charge in [-0.2, -0.15) is 0 Å². The van der Waals surface area contributed by atoms with Gasteiger partial charge in [0.1, 0.15) is 5.15 Å². The van der Waals surface area contributed by atoms with E-state index >= 15 is 0 Å². The van der Waals surface area contributed by atoms with Crippen molar-refractivity contribution in [3.8, 4) is 5.88 Å². The highest BCUT2D eigenvalue weighted by Crippen LogP contribution is 2.20. The van der Waals surface area contributed by atoms with E-state index in [0.29, 0.717) is 11.0 Å². The fourth-order valence-corrected chi connectivity index (χ4v) is 1.22. The van der Waals surface area contributed by atoms with E-state index in [1.165, 1.54) is 0 Å². The van der Waals surface area contributed by atoms with Gasteiger partial charge in [0.15, 0.2) is 0 Å². The Morgan fingerprint density at radius 2 is 2.23 bits per heavy atom. The van der Waals surface area contributed by atoms with Gasteiger partial charge in [-0.1, -0.05) is 11.6 Å². The molecule has 0 fully saturated rings. The van der Waals surface area contributed by atoms with Crippen LogP contribution < -0.4 is 10.1 Å². The first kappa shape index (κ1) is 10.3. The normalized spacial score (nSPS) is 12.6. The zero-order valence-corrected chi connectivity index (χ0v) is 8.72. The van der Waals surface area contributed by atoms with Crippen LogP contribution in [0.3, 0.4) is 0 Å². The summed E-state index contributed by atoms with van der Waals surface area (Å²) in [5.74, 6) is 0.546. The second-order valence-corrected chi connectivity index (χ2v) is 3.16. The molecular weight excluding hydrogens is 188 g/mol. The molecule has 0 spiro atoms. The van der Waals surface area contributed by atoms with Gasteiger partial charge in [0.25, 0.3) is 0 Å². The first-order valence-corrected chi connectivity index (χ1v) is 4.44. The Labute approximate surface area is 83.1 Å². The molecule has 1 atom stereocenters.